The van der Waals surface area contributed by atoms with E-state index in [4.69, 9.17) is 4.74 Å². The SMILES string of the molecule is COc1ccc(-c2ccc(CC(F)(F)F)cc2)cc1S(C)(=O)=O. The molecule has 7 heteroatoms. The first-order chi connectivity index (χ1) is 10.6. The van der Waals surface area contributed by atoms with Gasteiger partial charge in [-0.2, -0.15) is 13.2 Å². The third-order valence-corrected chi connectivity index (χ3v) is 4.37. The summed E-state index contributed by atoms with van der Waals surface area (Å²) in [4.78, 5) is 0.0388. The lowest BCUT2D eigenvalue weighted by molar-refractivity contribution is -0.127. The number of hydrogen-bond donors (Lipinski definition) is 0. The molecule has 0 saturated heterocycles. The Morgan fingerprint density at radius 1 is 1.00 bits per heavy atom. The smallest absolute Gasteiger partial charge is 0.393 e. The molecule has 2 rings (SSSR count). The third-order valence-electron chi connectivity index (χ3n) is 3.25. The van der Waals surface area contributed by atoms with E-state index in [1.54, 1.807) is 6.07 Å². The van der Waals surface area contributed by atoms with Gasteiger partial charge in [-0.25, -0.2) is 8.42 Å². The Kier molecular flexibility index (Phi) is 4.70. The second-order valence-corrected chi connectivity index (χ2v) is 7.11. The molecule has 0 unspecified atom stereocenters. The lowest BCUT2D eigenvalue weighted by atomic mass is 10.0. The Bertz CT molecular complexity index is 794. The van der Waals surface area contributed by atoms with Gasteiger partial charge in [0.25, 0.3) is 0 Å². The molecule has 0 aliphatic heterocycles. The largest absolute Gasteiger partial charge is 0.495 e. The quantitative estimate of drug-likeness (QED) is 0.846. The number of ether oxygens (including phenoxy) is 1. The van der Waals surface area contributed by atoms with Crippen molar-refractivity contribution in [3.63, 3.8) is 0 Å². The van der Waals surface area contributed by atoms with Crippen LogP contribution >= 0.6 is 0 Å². The maximum Gasteiger partial charge on any atom is 0.393 e. The topological polar surface area (TPSA) is 43.4 Å². The molecule has 0 fully saturated rings. The number of benzene rings is 2. The first-order valence-electron chi connectivity index (χ1n) is 6.64. The molecule has 2 aromatic rings. The Balaban J connectivity index is 2.39. The Morgan fingerprint density at radius 3 is 2.04 bits per heavy atom. The van der Waals surface area contributed by atoms with Gasteiger partial charge in [0.15, 0.2) is 9.84 Å². The van der Waals surface area contributed by atoms with Crippen molar-refractivity contribution >= 4 is 9.84 Å². The van der Waals surface area contributed by atoms with Crippen LogP contribution in [0.25, 0.3) is 11.1 Å². The van der Waals surface area contributed by atoms with Gasteiger partial charge in [-0.3, -0.25) is 0 Å². The molecule has 0 saturated carbocycles. The van der Waals surface area contributed by atoms with Gasteiger partial charge >= 0.3 is 6.18 Å². The molecule has 0 aliphatic carbocycles. The Morgan fingerprint density at radius 2 is 1.57 bits per heavy atom. The maximum absolute atomic E-state index is 12.4. The molecule has 0 aromatic heterocycles. The molecule has 0 atom stereocenters. The molecule has 2 aromatic carbocycles. The summed E-state index contributed by atoms with van der Waals surface area (Å²) in [6.45, 7) is 0. The molecule has 3 nitrogen and oxygen atoms in total. The number of sulfone groups is 1. The Labute approximate surface area is 132 Å². The van der Waals surface area contributed by atoms with Crippen LogP contribution in [0.3, 0.4) is 0 Å². The van der Waals surface area contributed by atoms with Gasteiger partial charge in [0.2, 0.25) is 0 Å². The van der Waals surface area contributed by atoms with Crippen LogP contribution in [-0.2, 0) is 16.3 Å². The van der Waals surface area contributed by atoms with E-state index in [-0.39, 0.29) is 16.2 Å². The molecule has 0 N–H and O–H groups in total. The van der Waals surface area contributed by atoms with E-state index < -0.39 is 22.4 Å². The zero-order valence-electron chi connectivity index (χ0n) is 12.5. The number of methoxy groups -OCH3 is 1. The molecule has 0 bridgehead atoms. The lowest BCUT2D eigenvalue weighted by Gasteiger charge is -2.11. The average molecular weight is 344 g/mol. The minimum atomic E-state index is -4.26. The molecule has 0 aliphatic rings. The predicted octanol–water partition coefficient (Wildman–Crippen LogP) is 3.87. The van der Waals surface area contributed by atoms with Gasteiger partial charge in [0, 0.05) is 6.26 Å². The highest BCUT2D eigenvalue weighted by Crippen LogP contribution is 2.30. The summed E-state index contributed by atoms with van der Waals surface area (Å²) in [5.74, 6) is 0.227. The van der Waals surface area contributed by atoms with Crippen molar-refractivity contribution in [2.45, 2.75) is 17.5 Å². The van der Waals surface area contributed by atoms with Crippen molar-refractivity contribution in [1.82, 2.24) is 0 Å². The second kappa shape index (κ2) is 6.23. The van der Waals surface area contributed by atoms with Crippen molar-refractivity contribution in [3.8, 4) is 16.9 Å². The summed E-state index contributed by atoms with van der Waals surface area (Å²) >= 11 is 0. The highest BCUT2D eigenvalue weighted by atomic mass is 32.2. The molecule has 0 spiro atoms. The lowest BCUT2D eigenvalue weighted by Crippen LogP contribution is -2.11. The third kappa shape index (κ3) is 4.48. The van der Waals surface area contributed by atoms with Crippen LogP contribution in [0.5, 0.6) is 5.75 Å². The molecule has 124 valence electrons. The van der Waals surface area contributed by atoms with Gasteiger partial charge in [-0.05, 0) is 28.8 Å². The van der Waals surface area contributed by atoms with Crippen LogP contribution in [0.4, 0.5) is 13.2 Å². The van der Waals surface area contributed by atoms with E-state index >= 15 is 0 Å². The van der Waals surface area contributed by atoms with Crippen LogP contribution in [0, 0.1) is 0 Å². The molecular formula is C16H15F3O3S. The highest BCUT2D eigenvalue weighted by molar-refractivity contribution is 7.90. The maximum atomic E-state index is 12.4. The molecule has 0 amide bonds. The standard InChI is InChI=1S/C16H15F3O3S/c1-22-14-8-7-13(9-15(14)23(2,20)21)12-5-3-11(4-6-12)10-16(17,18)19/h3-9H,10H2,1-2H3. The number of rotatable bonds is 4. The van der Waals surface area contributed by atoms with E-state index in [2.05, 4.69) is 0 Å². The summed E-state index contributed by atoms with van der Waals surface area (Å²) in [7, 11) is -2.11. The zero-order chi connectivity index (χ0) is 17.3. The van der Waals surface area contributed by atoms with Crippen molar-refractivity contribution in [3.05, 3.63) is 48.0 Å². The summed E-state index contributed by atoms with van der Waals surface area (Å²) in [5.41, 5.74) is 1.37. The summed E-state index contributed by atoms with van der Waals surface area (Å²) in [6.07, 6.45) is -4.18. The van der Waals surface area contributed by atoms with E-state index in [0.29, 0.717) is 11.1 Å². The fourth-order valence-corrected chi connectivity index (χ4v) is 3.05. The van der Waals surface area contributed by atoms with Crippen LogP contribution < -0.4 is 4.74 Å². The Hall–Kier alpha value is -2.02. The van der Waals surface area contributed by atoms with Gasteiger partial charge < -0.3 is 4.74 Å². The van der Waals surface area contributed by atoms with E-state index in [9.17, 15) is 21.6 Å². The number of hydrogen-bond acceptors (Lipinski definition) is 3. The van der Waals surface area contributed by atoms with Gasteiger partial charge in [-0.15, -0.1) is 0 Å². The normalized spacial score (nSPS) is 12.2. The summed E-state index contributed by atoms with van der Waals surface area (Å²) < 4.78 is 65.7. The van der Waals surface area contributed by atoms with Gasteiger partial charge in [-0.1, -0.05) is 30.3 Å². The minimum Gasteiger partial charge on any atom is -0.495 e. The second-order valence-electron chi connectivity index (χ2n) is 5.13. The van der Waals surface area contributed by atoms with E-state index in [1.165, 1.54) is 43.5 Å². The van der Waals surface area contributed by atoms with Crippen molar-refractivity contribution < 1.29 is 26.3 Å². The number of alkyl halides is 3. The monoisotopic (exact) mass is 344 g/mol. The van der Waals surface area contributed by atoms with Crippen molar-refractivity contribution in [2.24, 2.45) is 0 Å². The molecule has 0 heterocycles. The minimum absolute atomic E-state index is 0.0388. The predicted molar refractivity (Wildman–Crippen MR) is 81.3 cm³/mol. The fraction of sp³-hybridized carbons (Fsp3) is 0.250. The van der Waals surface area contributed by atoms with Crippen LogP contribution in [0.1, 0.15) is 5.56 Å². The van der Waals surface area contributed by atoms with E-state index in [0.717, 1.165) is 6.26 Å². The van der Waals surface area contributed by atoms with Gasteiger partial charge in [0.1, 0.15) is 10.6 Å². The molecule has 23 heavy (non-hydrogen) atoms. The van der Waals surface area contributed by atoms with Crippen molar-refractivity contribution in [2.75, 3.05) is 13.4 Å². The highest BCUT2D eigenvalue weighted by Gasteiger charge is 2.27. The first kappa shape index (κ1) is 17.3. The van der Waals surface area contributed by atoms with Crippen molar-refractivity contribution in [1.29, 1.82) is 0 Å². The molecular weight excluding hydrogens is 329 g/mol. The van der Waals surface area contributed by atoms with Gasteiger partial charge in [0.05, 0.1) is 13.5 Å². The van der Waals surface area contributed by atoms with Crippen LogP contribution in [-0.4, -0.2) is 28.0 Å². The fourth-order valence-electron chi connectivity index (χ4n) is 2.19. The zero-order valence-corrected chi connectivity index (χ0v) is 13.3. The summed E-state index contributed by atoms with van der Waals surface area (Å²) in [5, 5.41) is 0. The average Bonchev–Trinajstić information content (AvgIpc) is 2.45. The van der Waals surface area contributed by atoms with Crippen LogP contribution in [0.2, 0.25) is 0 Å². The van der Waals surface area contributed by atoms with E-state index in [1.807, 2.05) is 0 Å². The van der Waals surface area contributed by atoms with Crippen LogP contribution in [0.15, 0.2) is 47.4 Å². The molecule has 0 radical (unpaired) electrons. The summed E-state index contributed by atoms with van der Waals surface area (Å²) in [6, 6.07) is 10.5. The number of halogens is 3. The first-order valence-corrected chi connectivity index (χ1v) is 8.53.